The summed E-state index contributed by atoms with van der Waals surface area (Å²) in [5.41, 5.74) is 2.44. The van der Waals surface area contributed by atoms with Crippen molar-refractivity contribution >= 4 is 11.9 Å². The largest absolute Gasteiger partial charge is 0.478 e. The minimum absolute atomic E-state index is 0.0578. The molecular formula is C19H25N3O3. The molecule has 0 aliphatic carbocycles. The van der Waals surface area contributed by atoms with Crippen LogP contribution in [0, 0.1) is 0 Å². The van der Waals surface area contributed by atoms with Crippen LogP contribution >= 0.6 is 0 Å². The first kappa shape index (κ1) is 18.7. The summed E-state index contributed by atoms with van der Waals surface area (Å²) in [5.74, 6) is -1.60. The topological polar surface area (TPSA) is 84.2 Å². The Balaban J connectivity index is 2.05. The number of rotatable bonds is 5. The average molecular weight is 343 g/mol. The van der Waals surface area contributed by atoms with Crippen molar-refractivity contribution in [3.8, 4) is 0 Å². The second kappa shape index (κ2) is 7.09. The third kappa shape index (κ3) is 4.47. The van der Waals surface area contributed by atoms with E-state index >= 15 is 0 Å². The van der Waals surface area contributed by atoms with Crippen molar-refractivity contribution in [2.45, 2.75) is 45.6 Å². The number of carbonyl (C=O) groups is 2. The van der Waals surface area contributed by atoms with Crippen molar-refractivity contribution in [3.63, 3.8) is 0 Å². The second-order valence-electron chi connectivity index (χ2n) is 7.36. The van der Waals surface area contributed by atoms with E-state index in [-0.39, 0.29) is 22.7 Å². The fraction of sp³-hybridized carbons (Fsp3) is 0.421. The van der Waals surface area contributed by atoms with Gasteiger partial charge in [-0.05, 0) is 29.9 Å². The molecule has 2 aromatic rings. The maximum atomic E-state index is 12.4. The summed E-state index contributed by atoms with van der Waals surface area (Å²) in [4.78, 5) is 23.6. The molecule has 1 heterocycles. The van der Waals surface area contributed by atoms with Crippen LogP contribution in [0.4, 0.5) is 0 Å². The van der Waals surface area contributed by atoms with Gasteiger partial charge in [0.25, 0.3) is 5.91 Å². The molecule has 0 saturated carbocycles. The van der Waals surface area contributed by atoms with Crippen LogP contribution < -0.4 is 5.32 Å². The Morgan fingerprint density at radius 1 is 1.24 bits per heavy atom. The lowest BCUT2D eigenvalue weighted by Crippen LogP contribution is -2.36. The number of carboxylic acids is 1. The van der Waals surface area contributed by atoms with E-state index in [0.29, 0.717) is 6.42 Å². The number of aromatic carboxylic acids is 1. The molecular weight excluding hydrogens is 318 g/mol. The Kier molecular flexibility index (Phi) is 5.30. The lowest BCUT2D eigenvalue weighted by Gasteiger charge is -2.20. The zero-order valence-corrected chi connectivity index (χ0v) is 15.3. The molecule has 0 spiro atoms. The normalized spacial score (nSPS) is 12.7. The zero-order valence-electron chi connectivity index (χ0n) is 15.3. The smallest absolute Gasteiger partial charge is 0.339 e. The minimum atomic E-state index is -1.16. The molecule has 6 nitrogen and oxygen atoms in total. The van der Waals surface area contributed by atoms with Crippen LogP contribution in [0.5, 0.6) is 0 Å². The van der Waals surface area contributed by atoms with E-state index in [1.807, 2.05) is 6.92 Å². The van der Waals surface area contributed by atoms with E-state index in [2.05, 4.69) is 55.5 Å². The molecule has 0 radical (unpaired) electrons. The number of aryl methyl sites for hydroxylation is 1. The highest BCUT2D eigenvalue weighted by Crippen LogP contribution is 2.22. The Hall–Kier alpha value is -2.63. The fourth-order valence-corrected chi connectivity index (χ4v) is 2.70. The highest BCUT2D eigenvalue weighted by Gasteiger charge is 2.22. The maximum Gasteiger partial charge on any atom is 0.339 e. The van der Waals surface area contributed by atoms with Gasteiger partial charge in [-0.1, -0.05) is 45.0 Å². The predicted octanol–water partition coefficient (Wildman–Crippen LogP) is 2.78. The van der Waals surface area contributed by atoms with Gasteiger partial charge in [0.2, 0.25) is 0 Å². The molecule has 0 fully saturated rings. The lowest BCUT2D eigenvalue weighted by atomic mass is 9.86. The van der Waals surface area contributed by atoms with Crippen molar-refractivity contribution in [1.82, 2.24) is 15.1 Å². The van der Waals surface area contributed by atoms with E-state index in [1.54, 1.807) is 7.05 Å². The van der Waals surface area contributed by atoms with Gasteiger partial charge in [-0.15, -0.1) is 0 Å². The second-order valence-corrected chi connectivity index (χ2v) is 7.36. The number of nitrogens with one attached hydrogen (secondary N) is 1. The summed E-state index contributed by atoms with van der Waals surface area (Å²) in [6.45, 7) is 8.39. The number of amides is 1. The van der Waals surface area contributed by atoms with E-state index in [0.717, 1.165) is 5.56 Å². The third-order valence-corrected chi connectivity index (χ3v) is 4.12. The summed E-state index contributed by atoms with van der Waals surface area (Å²) in [6, 6.07) is 8.21. The number of benzene rings is 1. The van der Waals surface area contributed by atoms with Crippen molar-refractivity contribution in [2.24, 2.45) is 7.05 Å². The third-order valence-electron chi connectivity index (χ3n) is 4.12. The average Bonchev–Trinajstić information content (AvgIpc) is 2.88. The molecule has 0 unspecified atom stereocenters. The molecule has 1 aromatic carbocycles. The van der Waals surface area contributed by atoms with Crippen LogP contribution in [-0.2, 0) is 18.9 Å². The summed E-state index contributed by atoms with van der Waals surface area (Å²) in [5, 5.41) is 15.9. The van der Waals surface area contributed by atoms with Crippen molar-refractivity contribution < 1.29 is 14.7 Å². The SMILES string of the molecule is C[C@H](Cc1ccc(C(C)(C)C)cc1)NC(=O)c1c(C(=O)O)cnn1C. The van der Waals surface area contributed by atoms with Gasteiger partial charge in [0.05, 0.1) is 6.20 Å². The first-order valence-corrected chi connectivity index (χ1v) is 8.25. The van der Waals surface area contributed by atoms with Crippen LogP contribution in [0.15, 0.2) is 30.5 Å². The Morgan fingerprint density at radius 3 is 2.36 bits per heavy atom. The van der Waals surface area contributed by atoms with Gasteiger partial charge in [0, 0.05) is 13.1 Å². The molecule has 1 amide bonds. The summed E-state index contributed by atoms with van der Waals surface area (Å²) in [6.07, 6.45) is 1.85. The maximum absolute atomic E-state index is 12.4. The highest BCUT2D eigenvalue weighted by atomic mass is 16.4. The van der Waals surface area contributed by atoms with E-state index < -0.39 is 11.9 Å². The Labute approximate surface area is 147 Å². The van der Waals surface area contributed by atoms with Crippen LogP contribution in [0.1, 0.15) is 59.7 Å². The molecule has 2 rings (SSSR count). The molecule has 1 atom stereocenters. The first-order valence-electron chi connectivity index (χ1n) is 8.25. The Bertz CT molecular complexity index is 770. The van der Waals surface area contributed by atoms with Crippen molar-refractivity contribution in [3.05, 3.63) is 52.8 Å². The van der Waals surface area contributed by atoms with Gasteiger partial charge in [-0.2, -0.15) is 5.10 Å². The minimum Gasteiger partial charge on any atom is -0.478 e. The number of aromatic nitrogens is 2. The zero-order chi connectivity index (χ0) is 18.8. The van der Waals surface area contributed by atoms with Gasteiger partial charge < -0.3 is 10.4 Å². The highest BCUT2D eigenvalue weighted by molar-refractivity contribution is 6.03. The van der Waals surface area contributed by atoms with Gasteiger partial charge in [-0.25, -0.2) is 4.79 Å². The lowest BCUT2D eigenvalue weighted by molar-refractivity contribution is 0.0690. The molecule has 25 heavy (non-hydrogen) atoms. The quantitative estimate of drug-likeness (QED) is 0.874. The number of nitrogens with zero attached hydrogens (tertiary/aromatic N) is 2. The van der Waals surface area contributed by atoms with Gasteiger partial charge in [0.1, 0.15) is 11.3 Å². The van der Waals surface area contributed by atoms with Gasteiger partial charge in [0.15, 0.2) is 0 Å². The van der Waals surface area contributed by atoms with Crippen LogP contribution in [0.2, 0.25) is 0 Å². The van der Waals surface area contributed by atoms with Crippen LogP contribution in [-0.4, -0.2) is 32.8 Å². The van der Waals surface area contributed by atoms with E-state index in [9.17, 15) is 9.59 Å². The molecule has 6 heteroatoms. The fourth-order valence-electron chi connectivity index (χ4n) is 2.70. The molecule has 0 aliphatic heterocycles. The first-order chi connectivity index (χ1) is 11.6. The van der Waals surface area contributed by atoms with Crippen LogP contribution in [0.25, 0.3) is 0 Å². The molecule has 2 N–H and O–H groups in total. The summed E-state index contributed by atoms with van der Waals surface area (Å²) < 4.78 is 1.28. The monoisotopic (exact) mass is 343 g/mol. The van der Waals surface area contributed by atoms with Crippen molar-refractivity contribution in [1.29, 1.82) is 0 Å². The van der Waals surface area contributed by atoms with Crippen LogP contribution in [0.3, 0.4) is 0 Å². The predicted molar refractivity (Wildman–Crippen MR) is 95.9 cm³/mol. The van der Waals surface area contributed by atoms with E-state index in [1.165, 1.54) is 16.4 Å². The molecule has 0 saturated heterocycles. The standard InChI is InChI=1S/C19H25N3O3/c1-12(10-13-6-8-14(9-7-13)19(2,3)4)21-17(23)16-15(18(24)25)11-20-22(16)5/h6-9,11-12H,10H2,1-5H3,(H,21,23)(H,24,25)/t12-/m1/s1. The molecule has 1 aromatic heterocycles. The van der Waals surface area contributed by atoms with Gasteiger partial charge >= 0.3 is 5.97 Å². The molecule has 0 bridgehead atoms. The Morgan fingerprint density at radius 2 is 1.84 bits per heavy atom. The summed E-state index contributed by atoms with van der Waals surface area (Å²) in [7, 11) is 1.55. The number of hydrogen-bond acceptors (Lipinski definition) is 3. The number of hydrogen-bond donors (Lipinski definition) is 2. The molecule has 134 valence electrons. The molecule has 0 aliphatic rings. The summed E-state index contributed by atoms with van der Waals surface area (Å²) >= 11 is 0. The number of carbonyl (C=O) groups excluding carboxylic acids is 1. The number of carboxylic acid groups (broad SMARTS) is 1. The van der Waals surface area contributed by atoms with E-state index in [4.69, 9.17) is 5.11 Å². The van der Waals surface area contributed by atoms with Crippen molar-refractivity contribution in [2.75, 3.05) is 0 Å². The van der Waals surface area contributed by atoms with Gasteiger partial charge in [-0.3, -0.25) is 9.48 Å².